The van der Waals surface area contributed by atoms with Gasteiger partial charge in [-0.25, -0.2) is 0 Å². The number of benzene rings is 2. The van der Waals surface area contributed by atoms with Crippen LogP contribution in [0.25, 0.3) is 0 Å². The van der Waals surface area contributed by atoms with Gasteiger partial charge >= 0.3 is 0 Å². The van der Waals surface area contributed by atoms with E-state index < -0.39 is 6.10 Å². The van der Waals surface area contributed by atoms with Crippen molar-refractivity contribution in [3.63, 3.8) is 0 Å². The lowest BCUT2D eigenvalue weighted by atomic mass is 9.87. The summed E-state index contributed by atoms with van der Waals surface area (Å²) in [6.45, 7) is 12.3. The van der Waals surface area contributed by atoms with E-state index in [4.69, 9.17) is 4.74 Å². The van der Waals surface area contributed by atoms with Gasteiger partial charge in [-0.15, -0.1) is 0 Å². The molecule has 24 heavy (non-hydrogen) atoms. The highest BCUT2D eigenvalue weighted by Gasteiger charge is 2.17. The van der Waals surface area contributed by atoms with Gasteiger partial charge in [-0.3, -0.25) is 4.79 Å². The standard InChI is InChI=1S/C21H27NO2/c1-14-7-10-18(13-15(14)2)22-20(23)16(3)24-19-11-8-17(9-12-19)21(4,5)6/h7-13,16H,1-6H3,(H,22,23)/t16-/m0/s1. The van der Waals surface area contributed by atoms with E-state index in [2.05, 4.69) is 26.1 Å². The number of hydrogen-bond donors (Lipinski definition) is 1. The second kappa shape index (κ2) is 7.08. The van der Waals surface area contributed by atoms with Gasteiger partial charge in [-0.2, -0.15) is 0 Å². The maximum atomic E-state index is 12.3. The third kappa shape index (κ3) is 4.60. The molecule has 0 radical (unpaired) electrons. The van der Waals surface area contributed by atoms with Crippen molar-refractivity contribution in [2.75, 3.05) is 5.32 Å². The molecule has 3 heteroatoms. The van der Waals surface area contributed by atoms with Crippen LogP contribution in [-0.4, -0.2) is 12.0 Å². The number of aryl methyl sites for hydroxylation is 2. The van der Waals surface area contributed by atoms with E-state index >= 15 is 0 Å². The van der Waals surface area contributed by atoms with Gasteiger partial charge in [-0.1, -0.05) is 39.0 Å². The first-order valence-electron chi connectivity index (χ1n) is 8.32. The second-order valence-electron chi connectivity index (χ2n) is 7.32. The molecular formula is C21H27NO2. The maximum absolute atomic E-state index is 12.3. The van der Waals surface area contributed by atoms with E-state index in [1.807, 2.05) is 56.3 Å². The Balaban J connectivity index is 1.99. The first kappa shape index (κ1) is 18.1. The van der Waals surface area contributed by atoms with Crippen molar-refractivity contribution in [3.8, 4) is 5.75 Å². The highest BCUT2D eigenvalue weighted by Crippen LogP contribution is 2.24. The lowest BCUT2D eigenvalue weighted by Gasteiger charge is -2.20. The van der Waals surface area contributed by atoms with Crippen LogP contribution >= 0.6 is 0 Å². The second-order valence-corrected chi connectivity index (χ2v) is 7.32. The summed E-state index contributed by atoms with van der Waals surface area (Å²) in [5.41, 5.74) is 4.49. The number of carbonyl (C=O) groups is 1. The van der Waals surface area contributed by atoms with Gasteiger partial charge in [0.05, 0.1) is 0 Å². The van der Waals surface area contributed by atoms with Crippen LogP contribution in [0, 0.1) is 13.8 Å². The molecule has 1 amide bonds. The summed E-state index contributed by atoms with van der Waals surface area (Å²) in [4.78, 5) is 12.3. The lowest BCUT2D eigenvalue weighted by molar-refractivity contribution is -0.122. The van der Waals surface area contributed by atoms with Crippen molar-refractivity contribution >= 4 is 11.6 Å². The molecule has 0 aliphatic heterocycles. The molecule has 0 aliphatic carbocycles. The summed E-state index contributed by atoms with van der Waals surface area (Å²) < 4.78 is 5.76. The predicted molar refractivity (Wildman–Crippen MR) is 99.8 cm³/mol. The largest absolute Gasteiger partial charge is 0.481 e. The SMILES string of the molecule is Cc1ccc(NC(=O)[C@H](C)Oc2ccc(C(C)(C)C)cc2)cc1C. The average molecular weight is 325 g/mol. The van der Waals surface area contributed by atoms with Crippen LogP contribution in [0.3, 0.4) is 0 Å². The molecule has 0 aromatic heterocycles. The van der Waals surface area contributed by atoms with E-state index in [0.29, 0.717) is 5.75 Å². The van der Waals surface area contributed by atoms with Crippen molar-refractivity contribution < 1.29 is 9.53 Å². The molecule has 0 unspecified atom stereocenters. The van der Waals surface area contributed by atoms with E-state index in [1.165, 1.54) is 11.1 Å². The van der Waals surface area contributed by atoms with Crippen molar-refractivity contribution in [1.82, 2.24) is 0 Å². The molecular weight excluding hydrogens is 298 g/mol. The predicted octanol–water partition coefficient (Wildman–Crippen LogP) is 5.01. The fourth-order valence-corrected chi connectivity index (χ4v) is 2.35. The zero-order chi connectivity index (χ0) is 17.9. The Morgan fingerprint density at radius 1 is 1.00 bits per heavy atom. The van der Waals surface area contributed by atoms with Crippen molar-refractivity contribution in [2.24, 2.45) is 0 Å². The average Bonchev–Trinajstić information content (AvgIpc) is 2.50. The minimum atomic E-state index is -0.563. The molecule has 3 nitrogen and oxygen atoms in total. The third-order valence-corrected chi connectivity index (χ3v) is 4.18. The molecule has 0 spiro atoms. The number of hydrogen-bond acceptors (Lipinski definition) is 2. The molecule has 1 atom stereocenters. The summed E-state index contributed by atoms with van der Waals surface area (Å²) in [7, 11) is 0. The molecule has 0 saturated heterocycles. The number of ether oxygens (including phenoxy) is 1. The van der Waals surface area contributed by atoms with Crippen LogP contribution in [0.2, 0.25) is 0 Å². The molecule has 1 N–H and O–H groups in total. The first-order valence-corrected chi connectivity index (χ1v) is 8.32. The molecule has 0 aliphatic rings. The highest BCUT2D eigenvalue weighted by atomic mass is 16.5. The quantitative estimate of drug-likeness (QED) is 0.858. The number of anilines is 1. The van der Waals surface area contributed by atoms with Crippen LogP contribution in [0.15, 0.2) is 42.5 Å². The fourth-order valence-electron chi connectivity index (χ4n) is 2.35. The smallest absolute Gasteiger partial charge is 0.265 e. The van der Waals surface area contributed by atoms with E-state index in [-0.39, 0.29) is 11.3 Å². The van der Waals surface area contributed by atoms with Crippen LogP contribution < -0.4 is 10.1 Å². The Morgan fingerprint density at radius 3 is 2.17 bits per heavy atom. The van der Waals surface area contributed by atoms with Crippen LogP contribution in [-0.2, 0) is 10.2 Å². The Kier molecular flexibility index (Phi) is 5.33. The molecule has 0 saturated carbocycles. The molecule has 0 bridgehead atoms. The first-order chi connectivity index (χ1) is 11.2. The number of amides is 1. The van der Waals surface area contributed by atoms with Gasteiger partial charge in [0.2, 0.25) is 0 Å². The normalized spacial score (nSPS) is 12.6. The monoisotopic (exact) mass is 325 g/mol. The highest BCUT2D eigenvalue weighted by molar-refractivity contribution is 5.94. The Labute approximate surface area is 145 Å². The molecule has 0 fully saturated rings. The molecule has 2 rings (SSSR count). The Morgan fingerprint density at radius 2 is 1.62 bits per heavy atom. The van der Waals surface area contributed by atoms with E-state index in [9.17, 15) is 4.79 Å². The lowest BCUT2D eigenvalue weighted by Crippen LogP contribution is -2.30. The zero-order valence-electron chi connectivity index (χ0n) is 15.4. The summed E-state index contributed by atoms with van der Waals surface area (Å²) >= 11 is 0. The molecule has 0 heterocycles. The van der Waals surface area contributed by atoms with E-state index in [0.717, 1.165) is 11.3 Å². The topological polar surface area (TPSA) is 38.3 Å². The minimum Gasteiger partial charge on any atom is -0.481 e. The van der Waals surface area contributed by atoms with Gasteiger partial charge in [0.15, 0.2) is 6.10 Å². The number of carbonyl (C=O) groups excluding carboxylic acids is 1. The summed E-state index contributed by atoms with van der Waals surface area (Å²) in [6, 6.07) is 13.8. The van der Waals surface area contributed by atoms with Gasteiger partial charge < -0.3 is 10.1 Å². The Hall–Kier alpha value is -2.29. The van der Waals surface area contributed by atoms with Crippen LogP contribution in [0.1, 0.15) is 44.4 Å². The summed E-state index contributed by atoms with van der Waals surface area (Å²) in [5.74, 6) is 0.545. The summed E-state index contributed by atoms with van der Waals surface area (Å²) in [6.07, 6.45) is -0.563. The molecule has 128 valence electrons. The van der Waals surface area contributed by atoms with Gasteiger partial charge in [-0.05, 0) is 67.1 Å². The van der Waals surface area contributed by atoms with Crippen LogP contribution in [0.4, 0.5) is 5.69 Å². The van der Waals surface area contributed by atoms with E-state index in [1.54, 1.807) is 6.92 Å². The third-order valence-electron chi connectivity index (χ3n) is 4.18. The van der Waals surface area contributed by atoms with Crippen molar-refractivity contribution in [2.45, 2.75) is 53.1 Å². The maximum Gasteiger partial charge on any atom is 0.265 e. The van der Waals surface area contributed by atoms with Gasteiger partial charge in [0.1, 0.15) is 5.75 Å². The minimum absolute atomic E-state index is 0.102. The van der Waals surface area contributed by atoms with Crippen LogP contribution in [0.5, 0.6) is 5.75 Å². The van der Waals surface area contributed by atoms with Crippen molar-refractivity contribution in [3.05, 3.63) is 59.2 Å². The molecule has 2 aromatic rings. The zero-order valence-corrected chi connectivity index (χ0v) is 15.4. The summed E-state index contributed by atoms with van der Waals surface area (Å²) in [5, 5.41) is 2.90. The molecule has 2 aromatic carbocycles. The van der Waals surface area contributed by atoms with Gasteiger partial charge in [0.25, 0.3) is 5.91 Å². The Bertz CT molecular complexity index is 712. The number of rotatable bonds is 4. The van der Waals surface area contributed by atoms with Crippen molar-refractivity contribution in [1.29, 1.82) is 0 Å². The van der Waals surface area contributed by atoms with Gasteiger partial charge in [0, 0.05) is 5.69 Å². The fraction of sp³-hybridized carbons (Fsp3) is 0.381. The number of nitrogens with one attached hydrogen (secondary N) is 1.